The molecule has 0 unspecified atom stereocenters. The Morgan fingerprint density at radius 2 is 1.64 bits per heavy atom. The first-order chi connectivity index (χ1) is 6.02. The molecule has 0 heterocycles. The Kier molecular flexibility index (Phi) is 4.08. The molecule has 6 nitrogen and oxygen atoms in total. The van der Waals surface area contributed by atoms with Crippen LogP contribution in [0.15, 0.2) is 0 Å². The molecule has 0 aliphatic carbocycles. The Labute approximate surface area is 85.0 Å². The maximum absolute atomic E-state index is 11.0. The summed E-state index contributed by atoms with van der Waals surface area (Å²) in [4.78, 5) is 0. The predicted molar refractivity (Wildman–Crippen MR) is 54.6 cm³/mol. The summed E-state index contributed by atoms with van der Waals surface area (Å²) < 4.78 is 44.9. The summed E-state index contributed by atoms with van der Waals surface area (Å²) in [7, 11) is -7.14. The van der Waals surface area contributed by atoms with E-state index in [4.69, 9.17) is 5.14 Å². The molecule has 0 spiro atoms. The van der Waals surface area contributed by atoms with Gasteiger partial charge >= 0.3 is 0 Å². The van der Waals surface area contributed by atoms with Gasteiger partial charge in [0.25, 0.3) is 0 Å². The maximum Gasteiger partial charge on any atom is 0.215 e. The van der Waals surface area contributed by atoms with Crippen LogP contribution in [0.2, 0.25) is 0 Å². The Hall–Kier alpha value is -0.180. The van der Waals surface area contributed by atoms with Crippen molar-refractivity contribution in [3.8, 4) is 0 Å². The monoisotopic (exact) mass is 244 g/mol. The Morgan fingerprint density at radius 1 is 1.21 bits per heavy atom. The summed E-state index contributed by atoms with van der Waals surface area (Å²) in [5.74, 6) is -0.0896. The van der Waals surface area contributed by atoms with Crippen LogP contribution in [0.25, 0.3) is 0 Å². The zero-order valence-corrected chi connectivity index (χ0v) is 10.1. The highest BCUT2D eigenvalue weighted by molar-refractivity contribution is 7.91. The number of nitrogens with one attached hydrogen (secondary N) is 1. The highest BCUT2D eigenvalue weighted by Crippen LogP contribution is 2.11. The van der Waals surface area contributed by atoms with E-state index in [-0.39, 0.29) is 12.3 Å². The number of rotatable bonds is 5. The van der Waals surface area contributed by atoms with E-state index in [1.807, 2.05) is 0 Å². The van der Waals surface area contributed by atoms with Crippen LogP contribution in [-0.2, 0) is 20.0 Å². The molecule has 0 amide bonds. The van der Waals surface area contributed by atoms with Crippen LogP contribution < -0.4 is 9.86 Å². The third-order valence-electron chi connectivity index (χ3n) is 1.87. The number of primary sulfonamides is 1. The minimum atomic E-state index is -3.76. The molecule has 0 aromatic rings. The van der Waals surface area contributed by atoms with E-state index in [9.17, 15) is 16.8 Å². The lowest BCUT2D eigenvalue weighted by atomic mass is 10.2. The van der Waals surface area contributed by atoms with E-state index in [1.165, 1.54) is 20.8 Å². The fraction of sp³-hybridized carbons (Fsp3) is 1.00. The Morgan fingerprint density at radius 3 is 1.93 bits per heavy atom. The van der Waals surface area contributed by atoms with Crippen molar-refractivity contribution in [2.24, 2.45) is 5.14 Å². The second kappa shape index (κ2) is 4.13. The standard InChI is InChI=1S/C6H16N2O4S2/c1-4-13(9,10)8-5-6(2,3)14(7,11)12/h8H,4-5H2,1-3H3,(H2,7,11,12). The van der Waals surface area contributed by atoms with Gasteiger partial charge in [-0.15, -0.1) is 0 Å². The van der Waals surface area contributed by atoms with Gasteiger partial charge in [0.05, 0.1) is 10.5 Å². The second-order valence-corrected chi connectivity index (χ2v) is 7.82. The fourth-order valence-electron chi connectivity index (χ4n) is 0.486. The van der Waals surface area contributed by atoms with Crippen LogP contribution in [0.1, 0.15) is 20.8 Å². The smallest absolute Gasteiger partial charge is 0.215 e. The largest absolute Gasteiger partial charge is 0.228 e. The molecule has 14 heavy (non-hydrogen) atoms. The van der Waals surface area contributed by atoms with Crippen LogP contribution in [0.5, 0.6) is 0 Å². The molecular weight excluding hydrogens is 228 g/mol. The number of nitrogens with two attached hydrogens (primary N) is 1. The van der Waals surface area contributed by atoms with Crippen molar-refractivity contribution >= 4 is 20.0 Å². The van der Waals surface area contributed by atoms with Crippen LogP contribution in [0, 0.1) is 0 Å². The minimum Gasteiger partial charge on any atom is -0.228 e. The number of hydrogen-bond donors (Lipinski definition) is 2. The molecule has 0 aromatic heterocycles. The molecule has 8 heteroatoms. The van der Waals surface area contributed by atoms with Crippen LogP contribution in [0.3, 0.4) is 0 Å². The Balaban J connectivity index is 4.59. The lowest BCUT2D eigenvalue weighted by Crippen LogP contribution is -2.47. The number of hydrogen-bond acceptors (Lipinski definition) is 4. The SMILES string of the molecule is CCS(=O)(=O)NCC(C)(C)S(N)(=O)=O. The van der Waals surface area contributed by atoms with Gasteiger partial charge in [-0.3, -0.25) is 0 Å². The van der Waals surface area contributed by atoms with E-state index in [0.717, 1.165) is 0 Å². The third kappa shape index (κ3) is 3.91. The fourth-order valence-corrected chi connectivity index (χ4v) is 1.64. The molecular formula is C6H16N2O4S2. The van der Waals surface area contributed by atoms with Gasteiger partial charge in [0.15, 0.2) is 0 Å². The van der Waals surface area contributed by atoms with Crippen molar-refractivity contribution in [1.82, 2.24) is 4.72 Å². The molecule has 0 radical (unpaired) electrons. The lowest BCUT2D eigenvalue weighted by molar-refractivity contribution is 0.534. The van der Waals surface area contributed by atoms with Gasteiger partial charge in [-0.1, -0.05) is 0 Å². The van der Waals surface area contributed by atoms with Crippen LogP contribution in [0.4, 0.5) is 0 Å². The van der Waals surface area contributed by atoms with E-state index in [1.54, 1.807) is 0 Å². The molecule has 0 saturated heterocycles. The maximum atomic E-state index is 11.0. The van der Waals surface area contributed by atoms with Crippen molar-refractivity contribution in [3.05, 3.63) is 0 Å². The summed E-state index contributed by atoms with van der Waals surface area (Å²) in [6, 6.07) is 0. The van der Waals surface area contributed by atoms with Gasteiger partial charge in [0.2, 0.25) is 20.0 Å². The second-order valence-electron chi connectivity index (χ2n) is 3.53. The zero-order chi connectivity index (χ0) is 11.6. The van der Waals surface area contributed by atoms with Gasteiger partial charge in [-0.2, -0.15) is 0 Å². The molecule has 0 rings (SSSR count). The zero-order valence-electron chi connectivity index (χ0n) is 8.44. The van der Waals surface area contributed by atoms with Crippen LogP contribution in [-0.4, -0.2) is 33.9 Å². The molecule has 0 saturated carbocycles. The van der Waals surface area contributed by atoms with Crippen molar-refractivity contribution < 1.29 is 16.8 Å². The topological polar surface area (TPSA) is 106 Å². The summed E-state index contributed by atoms with van der Waals surface area (Å²) in [5, 5.41) is 4.92. The third-order valence-corrected chi connectivity index (χ3v) is 4.90. The van der Waals surface area contributed by atoms with E-state index >= 15 is 0 Å². The van der Waals surface area contributed by atoms with Crippen LogP contribution >= 0.6 is 0 Å². The first-order valence-corrected chi connectivity index (χ1v) is 7.21. The highest BCUT2D eigenvalue weighted by atomic mass is 32.2. The molecule has 0 aromatic carbocycles. The van der Waals surface area contributed by atoms with E-state index < -0.39 is 24.8 Å². The Bertz CT molecular complexity index is 382. The van der Waals surface area contributed by atoms with Gasteiger partial charge in [0.1, 0.15) is 0 Å². The quantitative estimate of drug-likeness (QED) is 0.646. The summed E-state index contributed by atoms with van der Waals surface area (Å²) >= 11 is 0. The lowest BCUT2D eigenvalue weighted by Gasteiger charge is -2.21. The summed E-state index contributed by atoms with van der Waals surface area (Å²) in [6.07, 6.45) is 0. The normalized spacial score (nSPS) is 14.3. The van der Waals surface area contributed by atoms with E-state index in [2.05, 4.69) is 4.72 Å². The first kappa shape index (κ1) is 13.8. The van der Waals surface area contributed by atoms with Gasteiger partial charge in [-0.25, -0.2) is 26.7 Å². The summed E-state index contributed by atoms with van der Waals surface area (Å²) in [6.45, 7) is 3.97. The average molecular weight is 244 g/mol. The molecule has 0 fully saturated rings. The van der Waals surface area contributed by atoms with Crippen molar-refractivity contribution in [2.75, 3.05) is 12.3 Å². The molecule has 0 atom stereocenters. The van der Waals surface area contributed by atoms with Crippen molar-refractivity contribution in [1.29, 1.82) is 0 Å². The van der Waals surface area contributed by atoms with Gasteiger partial charge in [0, 0.05) is 6.54 Å². The van der Waals surface area contributed by atoms with Gasteiger partial charge in [-0.05, 0) is 20.8 Å². The average Bonchev–Trinajstić information content (AvgIpc) is 1.99. The molecule has 0 aliphatic heterocycles. The highest BCUT2D eigenvalue weighted by Gasteiger charge is 2.31. The van der Waals surface area contributed by atoms with Gasteiger partial charge < -0.3 is 0 Å². The predicted octanol–water partition coefficient (Wildman–Crippen LogP) is -1.01. The molecule has 86 valence electrons. The van der Waals surface area contributed by atoms with E-state index in [0.29, 0.717) is 0 Å². The molecule has 3 N–H and O–H groups in total. The summed E-state index contributed by atoms with van der Waals surface area (Å²) in [5.41, 5.74) is 0. The van der Waals surface area contributed by atoms with Crippen molar-refractivity contribution in [3.63, 3.8) is 0 Å². The van der Waals surface area contributed by atoms with Crippen molar-refractivity contribution in [2.45, 2.75) is 25.5 Å². The number of sulfonamides is 2. The molecule has 0 aliphatic rings. The first-order valence-electron chi connectivity index (χ1n) is 4.01. The minimum absolute atomic E-state index is 0.0896. The molecule has 0 bridgehead atoms.